The number of hydrogen-bond acceptors (Lipinski definition) is 4. The minimum atomic E-state index is -4.66. The van der Waals surface area contributed by atoms with Crippen molar-refractivity contribution in [2.24, 2.45) is 0 Å². The third-order valence-corrected chi connectivity index (χ3v) is 1.88. The van der Waals surface area contributed by atoms with Crippen molar-refractivity contribution in [2.75, 3.05) is 0 Å². The standard InChI is InChI=1S/C3H6O5S/c1-3(5,2-4)9(6,7)8/h2,5H,1H3,(H,6,7,8). The van der Waals surface area contributed by atoms with Crippen molar-refractivity contribution < 1.29 is 22.9 Å². The van der Waals surface area contributed by atoms with Gasteiger partial charge in [0.05, 0.1) is 0 Å². The lowest BCUT2D eigenvalue weighted by molar-refractivity contribution is -0.116. The highest BCUT2D eigenvalue weighted by molar-refractivity contribution is 7.87. The van der Waals surface area contributed by atoms with Gasteiger partial charge in [-0.05, 0) is 6.92 Å². The zero-order chi connectivity index (χ0) is 7.71. The molecule has 54 valence electrons. The maximum Gasteiger partial charge on any atom is 0.301 e. The molecule has 5 nitrogen and oxygen atoms in total. The molecule has 9 heavy (non-hydrogen) atoms. The van der Waals surface area contributed by atoms with Gasteiger partial charge in [-0.15, -0.1) is 0 Å². The van der Waals surface area contributed by atoms with Crippen molar-refractivity contribution in [3.05, 3.63) is 0 Å². The Hall–Kier alpha value is -0.460. The monoisotopic (exact) mass is 154 g/mol. The fourth-order valence-electron chi connectivity index (χ4n) is 0.0608. The van der Waals surface area contributed by atoms with Crippen molar-refractivity contribution in [1.29, 1.82) is 0 Å². The largest absolute Gasteiger partial charge is 0.367 e. The van der Waals surface area contributed by atoms with Gasteiger partial charge in [-0.1, -0.05) is 0 Å². The molecular weight excluding hydrogens is 148 g/mol. The van der Waals surface area contributed by atoms with Gasteiger partial charge in [-0.25, -0.2) is 0 Å². The van der Waals surface area contributed by atoms with Crippen LogP contribution in [0.25, 0.3) is 0 Å². The second-order valence-electron chi connectivity index (χ2n) is 1.65. The Morgan fingerprint density at radius 3 is 1.89 bits per heavy atom. The van der Waals surface area contributed by atoms with Gasteiger partial charge in [-0.2, -0.15) is 8.42 Å². The number of aliphatic hydroxyl groups is 1. The first-order valence-electron chi connectivity index (χ1n) is 1.97. The van der Waals surface area contributed by atoms with Gasteiger partial charge in [-0.3, -0.25) is 9.35 Å². The highest BCUT2D eigenvalue weighted by Crippen LogP contribution is 2.05. The predicted octanol–water partition coefficient (Wildman–Crippen LogP) is -1.22. The molecular formula is C3H6O5S. The summed E-state index contributed by atoms with van der Waals surface area (Å²) in [5.74, 6) is 0. The van der Waals surface area contributed by atoms with E-state index in [9.17, 15) is 13.2 Å². The summed E-state index contributed by atoms with van der Waals surface area (Å²) in [6, 6.07) is 0. The molecule has 0 spiro atoms. The molecule has 0 aromatic heterocycles. The second kappa shape index (κ2) is 2.05. The van der Waals surface area contributed by atoms with E-state index >= 15 is 0 Å². The third-order valence-electron chi connectivity index (χ3n) is 0.741. The van der Waals surface area contributed by atoms with Crippen molar-refractivity contribution in [3.8, 4) is 0 Å². The molecule has 0 aromatic rings. The van der Waals surface area contributed by atoms with Crippen molar-refractivity contribution in [2.45, 2.75) is 11.9 Å². The summed E-state index contributed by atoms with van der Waals surface area (Å²) in [6.07, 6.45) is -0.262. The first-order chi connectivity index (χ1) is 3.81. The van der Waals surface area contributed by atoms with E-state index in [1.165, 1.54) is 0 Å². The van der Waals surface area contributed by atoms with Gasteiger partial charge in [0.15, 0.2) is 6.29 Å². The van der Waals surface area contributed by atoms with Gasteiger partial charge in [0.25, 0.3) is 0 Å². The summed E-state index contributed by atoms with van der Waals surface area (Å²) in [5, 5.41) is 8.45. The van der Waals surface area contributed by atoms with Crippen molar-refractivity contribution in [3.63, 3.8) is 0 Å². The quantitative estimate of drug-likeness (QED) is 0.384. The normalized spacial score (nSPS) is 18.6. The van der Waals surface area contributed by atoms with E-state index in [0.717, 1.165) is 0 Å². The molecule has 0 radical (unpaired) electrons. The molecule has 6 heteroatoms. The van der Waals surface area contributed by atoms with Crippen LogP contribution in [0.2, 0.25) is 0 Å². The average molecular weight is 154 g/mol. The summed E-state index contributed by atoms with van der Waals surface area (Å²) in [7, 11) is -4.66. The number of aldehydes is 1. The van der Waals surface area contributed by atoms with Crippen LogP contribution in [0.5, 0.6) is 0 Å². The van der Waals surface area contributed by atoms with Crippen LogP contribution in [0.15, 0.2) is 0 Å². The van der Waals surface area contributed by atoms with Crippen LogP contribution in [-0.4, -0.2) is 29.3 Å². The molecule has 0 saturated carbocycles. The highest BCUT2D eigenvalue weighted by atomic mass is 32.2. The Kier molecular flexibility index (Phi) is 1.95. The minimum absolute atomic E-state index is 0.262. The van der Waals surface area contributed by atoms with Crippen LogP contribution in [0.4, 0.5) is 0 Å². The number of carbonyl (C=O) groups is 1. The van der Waals surface area contributed by atoms with E-state index in [2.05, 4.69) is 0 Å². The molecule has 2 N–H and O–H groups in total. The van der Waals surface area contributed by atoms with E-state index in [1.54, 1.807) is 0 Å². The summed E-state index contributed by atoms with van der Waals surface area (Å²) < 4.78 is 28.0. The van der Waals surface area contributed by atoms with Crippen molar-refractivity contribution >= 4 is 16.4 Å². The van der Waals surface area contributed by atoms with Gasteiger partial charge in [0.1, 0.15) is 0 Å². The average Bonchev–Trinajstić information content (AvgIpc) is 1.64. The number of rotatable bonds is 2. The second-order valence-corrected chi connectivity index (χ2v) is 3.42. The SMILES string of the molecule is CC(O)(C=O)S(=O)(=O)O. The molecule has 0 bridgehead atoms. The Labute approximate surface area is 52.1 Å². The van der Waals surface area contributed by atoms with Crippen LogP contribution >= 0.6 is 0 Å². The first-order valence-corrected chi connectivity index (χ1v) is 3.41. The van der Waals surface area contributed by atoms with E-state index in [1.807, 2.05) is 0 Å². The third kappa shape index (κ3) is 1.74. The Balaban J connectivity index is 4.77. The van der Waals surface area contributed by atoms with Gasteiger partial charge >= 0.3 is 10.1 Å². The minimum Gasteiger partial charge on any atom is -0.367 e. The van der Waals surface area contributed by atoms with E-state index < -0.39 is 15.1 Å². The van der Waals surface area contributed by atoms with E-state index in [0.29, 0.717) is 6.92 Å². The highest BCUT2D eigenvalue weighted by Gasteiger charge is 2.34. The van der Waals surface area contributed by atoms with Crippen LogP contribution in [0.1, 0.15) is 6.92 Å². The zero-order valence-electron chi connectivity index (χ0n) is 4.60. The molecule has 0 fully saturated rings. The molecule has 0 amide bonds. The molecule has 1 atom stereocenters. The Morgan fingerprint density at radius 1 is 1.56 bits per heavy atom. The lowest BCUT2D eigenvalue weighted by Gasteiger charge is -2.09. The van der Waals surface area contributed by atoms with Crippen molar-refractivity contribution in [1.82, 2.24) is 0 Å². The van der Waals surface area contributed by atoms with E-state index in [-0.39, 0.29) is 6.29 Å². The van der Waals surface area contributed by atoms with Crippen LogP contribution in [0.3, 0.4) is 0 Å². The van der Waals surface area contributed by atoms with Gasteiger partial charge in [0, 0.05) is 0 Å². The maximum absolute atomic E-state index is 9.96. The van der Waals surface area contributed by atoms with Crippen LogP contribution in [0, 0.1) is 0 Å². The lowest BCUT2D eigenvalue weighted by Crippen LogP contribution is -2.35. The zero-order valence-corrected chi connectivity index (χ0v) is 5.42. The topological polar surface area (TPSA) is 91.7 Å². The van der Waals surface area contributed by atoms with E-state index in [4.69, 9.17) is 9.66 Å². The molecule has 0 aliphatic rings. The summed E-state index contributed by atoms with van der Waals surface area (Å²) in [5.41, 5.74) is 0. The Bertz CT molecular complexity index is 200. The first kappa shape index (κ1) is 8.54. The number of carbonyl (C=O) groups excluding carboxylic acids is 1. The smallest absolute Gasteiger partial charge is 0.301 e. The summed E-state index contributed by atoms with van der Waals surface area (Å²) >= 11 is 0. The van der Waals surface area contributed by atoms with Gasteiger partial charge < -0.3 is 5.11 Å². The summed E-state index contributed by atoms with van der Waals surface area (Å²) in [4.78, 5) is 7.01. The molecule has 0 aliphatic carbocycles. The number of hydrogen-bond donors (Lipinski definition) is 2. The van der Waals surface area contributed by atoms with Crippen LogP contribution < -0.4 is 0 Å². The fraction of sp³-hybridized carbons (Fsp3) is 0.667. The molecule has 0 rings (SSSR count). The fourth-order valence-corrected chi connectivity index (χ4v) is 0.182. The Morgan fingerprint density at radius 2 is 1.89 bits per heavy atom. The van der Waals surface area contributed by atoms with Crippen LogP contribution in [-0.2, 0) is 14.9 Å². The molecule has 0 aliphatic heterocycles. The molecule has 1 unspecified atom stereocenters. The maximum atomic E-state index is 9.96. The van der Waals surface area contributed by atoms with Gasteiger partial charge in [0.2, 0.25) is 4.93 Å². The molecule has 0 saturated heterocycles. The lowest BCUT2D eigenvalue weighted by atomic mass is 10.5. The predicted molar refractivity (Wildman–Crippen MR) is 28.2 cm³/mol. The summed E-state index contributed by atoms with van der Waals surface area (Å²) in [6.45, 7) is 0.676. The molecule has 0 heterocycles. The molecule has 0 aromatic carbocycles.